The molecule has 4 nitrogen and oxygen atoms in total. The summed E-state index contributed by atoms with van der Waals surface area (Å²) in [5.74, 6) is -0.769. The number of amides is 2. The topological polar surface area (TPSA) is 49.4 Å². The molecule has 0 aliphatic rings. The van der Waals surface area contributed by atoms with Crippen molar-refractivity contribution in [3.05, 3.63) is 64.5 Å². The molecule has 0 spiro atoms. The lowest BCUT2D eigenvalue weighted by Gasteiger charge is -2.25. The summed E-state index contributed by atoms with van der Waals surface area (Å²) in [6.45, 7) is 7.55. The van der Waals surface area contributed by atoms with Crippen LogP contribution < -0.4 is 10.2 Å². The van der Waals surface area contributed by atoms with Gasteiger partial charge >= 0.3 is 0 Å². The lowest BCUT2D eigenvalue weighted by Crippen LogP contribution is -2.40. The van der Waals surface area contributed by atoms with Crippen LogP contribution in [0.25, 0.3) is 0 Å². The van der Waals surface area contributed by atoms with Crippen LogP contribution >= 0.6 is 0 Å². The Morgan fingerprint density at radius 3 is 2.12 bits per heavy atom. The largest absolute Gasteiger partial charge is 0.350 e. The molecular weight excluding hydrogens is 319 g/mol. The zero-order valence-electron chi connectivity index (χ0n) is 15.0. The van der Waals surface area contributed by atoms with Gasteiger partial charge in [-0.2, -0.15) is 0 Å². The fourth-order valence-corrected chi connectivity index (χ4v) is 2.95. The van der Waals surface area contributed by atoms with Crippen molar-refractivity contribution in [2.75, 3.05) is 11.4 Å². The molecule has 2 aromatic rings. The van der Waals surface area contributed by atoms with Crippen LogP contribution in [0, 0.1) is 26.6 Å². The highest BCUT2D eigenvalue weighted by Crippen LogP contribution is 2.26. The number of carbonyl (C=O) groups is 2. The molecule has 0 aromatic heterocycles. The first-order valence-electron chi connectivity index (χ1n) is 8.15. The van der Waals surface area contributed by atoms with Gasteiger partial charge in [0.2, 0.25) is 11.8 Å². The predicted octanol–water partition coefficient (Wildman–Crippen LogP) is 3.42. The van der Waals surface area contributed by atoms with Crippen LogP contribution in [0.3, 0.4) is 0 Å². The van der Waals surface area contributed by atoms with Gasteiger partial charge in [0.05, 0.1) is 5.69 Å². The van der Waals surface area contributed by atoms with Gasteiger partial charge in [-0.05, 0) is 49.6 Å². The van der Waals surface area contributed by atoms with Crippen molar-refractivity contribution in [1.82, 2.24) is 5.32 Å². The molecule has 2 rings (SSSR count). The van der Waals surface area contributed by atoms with Crippen molar-refractivity contribution in [1.29, 1.82) is 0 Å². The first-order chi connectivity index (χ1) is 11.8. The highest BCUT2D eigenvalue weighted by atomic mass is 19.1. The number of nitrogens with one attached hydrogen (secondary N) is 1. The van der Waals surface area contributed by atoms with Crippen molar-refractivity contribution < 1.29 is 14.0 Å². The van der Waals surface area contributed by atoms with Gasteiger partial charge in [0.1, 0.15) is 12.4 Å². The summed E-state index contributed by atoms with van der Waals surface area (Å²) in [6, 6.07) is 9.92. The number of benzene rings is 2. The zero-order valence-corrected chi connectivity index (χ0v) is 15.0. The van der Waals surface area contributed by atoms with Crippen LogP contribution in [0.5, 0.6) is 0 Å². The number of hydrogen-bond acceptors (Lipinski definition) is 2. The van der Waals surface area contributed by atoms with Gasteiger partial charge in [-0.3, -0.25) is 9.59 Å². The lowest BCUT2D eigenvalue weighted by molar-refractivity contribution is -0.123. The third kappa shape index (κ3) is 4.89. The molecule has 0 saturated carbocycles. The summed E-state index contributed by atoms with van der Waals surface area (Å²) in [6.07, 6.45) is 0. The van der Waals surface area contributed by atoms with E-state index in [0.717, 1.165) is 27.9 Å². The molecule has 25 heavy (non-hydrogen) atoms. The van der Waals surface area contributed by atoms with E-state index in [2.05, 4.69) is 5.32 Å². The van der Waals surface area contributed by atoms with Gasteiger partial charge in [0, 0.05) is 13.5 Å². The Labute approximate surface area is 147 Å². The minimum Gasteiger partial charge on any atom is -0.350 e. The summed E-state index contributed by atoms with van der Waals surface area (Å²) in [7, 11) is 0. The average molecular weight is 342 g/mol. The Balaban J connectivity index is 2.10. The Morgan fingerprint density at radius 2 is 1.60 bits per heavy atom. The Morgan fingerprint density at radius 1 is 1.04 bits per heavy atom. The quantitative estimate of drug-likeness (QED) is 0.905. The van der Waals surface area contributed by atoms with Gasteiger partial charge in [0.25, 0.3) is 0 Å². The number of aryl methyl sites for hydroxylation is 3. The second kappa shape index (κ2) is 7.92. The smallest absolute Gasteiger partial charge is 0.240 e. The van der Waals surface area contributed by atoms with Crippen LogP contribution in [0.4, 0.5) is 10.1 Å². The van der Waals surface area contributed by atoms with Crippen LogP contribution in [0.2, 0.25) is 0 Å². The first-order valence-corrected chi connectivity index (χ1v) is 8.15. The summed E-state index contributed by atoms with van der Waals surface area (Å²) < 4.78 is 12.9. The van der Waals surface area contributed by atoms with Gasteiger partial charge in [-0.15, -0.1) is 0 Å². The number of halogens is 1. The molecule has 0 aliphatic carbocycles. The monoisotopic (exact) mass is 342 g/mol. The number of anilines is 1. The van der Waals surface area contributed by atoms with E-state index in [1.165, 1.54) is 24.0 Å². The van der Waals surface area contributed by atoms with Gasteiger partial charge in [0.15, 0.2) is 0 Å². The van der Waals surface area contributed by atoms with Gasteiger partial charge in [-0.1, -0.05) is 29.8 Å². The SMILES string of the molecule is CC(=O)N(CC(=O)NCc1ccc(F)cc1)c1c(C)cc(C)cc1C. The van der Waals surface area contributed by atoms with E-state index < -0.39 is 0 Å². The number of carbonyl (C=O) groups excluding carboxylic acids is 2. The second-order valence-corrected chi connectivity index (χ2v) is 6.26. The maximum Gasteiger partial charge on any atom is 0.240 e. The summed E-state index contributed by atoms with van der Waals surface area (Å²) in [5.41, 5.74) is 4.60. The van der Waals surface area contributed by atoms with Crippen LogP contribution in [0.15, 0.2) is 36.4 Å². The first kappa shape index (κ1) is 18.6. The van der Waals surface area contributed by atoms with E-state index >= 15 is 0 Å². The van der Waals surface area contributed by atoms with Gasteiger partial charge < -0.3 is 10.2 Å². The third-order valence-electron chi connectivity index (χ3n) is 3.99. The fraction of sp³-hybridized carbons (Fsp3) is 0.300. The third-order valence-corrected chi connectivity index (χ3v) is 3.99. The molecule has 0 saturated heterocycles. The van der Waals surface area contributed by atoms with Crippen LogP contribution in [-0.4, -0.2) is 18.4 Å². The molecule has 2 aromatic carbocycles. The number of hydrogen-bond donors (Lipinski definition) is 1. The lowest BCUT2D eigenvalue weighted by atomic mass is 10.0. The summed E-state index contributed by atoms with van der Waals surface area (Å²) >= 11 is 0. The molecule has 5 heteroatoms. The molecule has 0 unspecified atom stereocenters. The van der Waals surface area contributed by atoms with Crippen LogP contribution in [0.1, 0.15) is 29.2 Å². The Kier molecular flexibility index (Phi) is 5.91. The molecule has 2 amide bonds. The Hall–Kier alpha value is -2.69. The zero-order chi connectivity index (χ0) is 18.6. The summed E-state index contributed by atoms with van der Waals surface area (Å²) in [4.78, 5) is 25.9. The highest BCUT2D eigenvalue weighted by molar-refractivity contribution is 5.98. The van der Waals surface area contributed by atoms with Crippen molar-refractivity contribution in [3.63, 3.8) is 0 Å². The maximum atomic E-state index is 12.9. The molecule has 132 valence electrons. The van der Waals surface area contributed by atoms with Crippen LogP contribution in [-0.2, 0) is 16.1 Å². The number of rotatable bonds is 5. The molecule has 0 atom stereocenters. The predicted molar refractivity (Wildman–Crippen MR) is 96.9 cm³/mol. The molecule has 0 bridgehead atoms. The fourth-order valence-electron chi connectivity index (χ4n) is 2.95. The van der Waals surface area contributed by atoms with E-state index in [4.69, 9.17) is 0 Å². The van der Waals surface area contributed by atoms with E-state index in [0.29, 0.717) is 0 Å². The normalized spacial score (nSPS) is 10.4. The average Bonchev–Trinajstić information content (AvgIpc) is 2.52. The van der Waals surface area contributed by atoms with E-state index in [-0.39, 0.29) is 30.7 Å². The second-order valence-electron chi connectivity index (χ2n) is 6.26. The van der Waals surface area contributed by atoms with E-state index in [9.17, 15) is 14.0 Å². The molecule has 0 fully saturated rings. The molecule has 0 heterocycles. The minimum absolute atomic E-state index is 0.0543. The van der Waals surface area contributed by atoms with Crippen molar-refractivity contribution in [2.45, 2.75) is 34.2 Å². The molecule has 0 radical (unpaired) electrons. The molecule has 0 aliphatic heterocycles. The summed E-state index contributed by atoms with van der Waals surface area (Å²) in [5, 5.41) is 2.77. The molecular formula is C20H23FN2O2. The van der Waals surface area contributed by atoms with E-state index in [1.807, 2.05) is 32.9 Å². The Bertz CT molecular complexity index is 762. The number of nitrogens with zero attached hydrogens (tertiary/aromatic N) is 1. The van der Waals surface area contributed by atoms with Crippen molar-refractivity contribution >= 4 is 17.5 Å². The standard InChI is InChI=1S/C20H23FN2O2/c1-13-9-14(2)20(15(3)10-13)23(16(4)24)12-19(25)22-11-17-5-7-18(21)8-6-17/h5-10H,11-12H2,1-4H3,(H,22,25). The highest BCUT2D eigenvalue weighted by Gasteiger charge is 2.19. The minimum atomic E-state index is -0.317. The maximum absolute atomic E-state index is 12.9. The van der Waals surface area contributed by atoms with Gasteiger partial charge in [-0.25, -0.2) is 4.39 Å². The van der Waals surface area contributed by atoms with Crippen molar-refractivity contribution in [2.24, 2.45) is 0 Å². The van der Waals surface area contributed by atoms with Crippen molar-refractivity contribution in [3.8, 4) is 0 Å². The molecule has 1 N–H and O–H groups in total. The van der Waals surface area contributed by atoms with E-state index in [1.54, 1.807) is 12.1 Å².